The van der Waals surface area contributed by atoms with E-state index in [0.29, 0.717) is 28.4 Å². The van der Waals surface area contributed by atoms with E-state index in [0.717, 1.165) is 19.4 Å². The van der Waals surface area contributed by atoms with Crippen LogP contribution in [-0.2, 0) is 11.3 Å². The summed E-state index contributed by atoms with van der Waals surface area (Å²) in [6, 6.07) is 18.5. The van der Waals surface area contributed by atoms with Crippen LogP contribution < -0.4 is 21.5 Å². The summed E-state index contributed by atoms with van der Waals surface area (Å²) in [6.45, 7) is 1.20. The first kappa shape index (κ1) is 25.7. The topological polar surface area (TPSA) is 144 Å². The van der Waals surface area contributed by atoms with Gasteiger partial charge < -0.3 is 20.7 Å². The van der Waals surface area contributed by atoms with Crippen molar-refractivity contribution in [3.05, 3.63) is 83.1 Å². The maximum Gasteiger partial charge on any atom is 0.335 e. The van der Waals surface area contributed by atoms with Gasteiger partial charge in [-0.05, 0) is 61.9 Å². The third kappa shape index (κ3) is 5.37. The first-order chi connectivity index (χ1) is 19.0. The second-order valence-corrected chi connectivity index (χ2v) is 9.23. The SMILES string of the molecule is CN(CCn1c(=O)n(-c2ccc(Oc3ccccc3)cc2)c2c(N)ncnc21)C(=O)/C(C#N)=C\[C@@H]1CCCN1. The number of nitriles is 1. The van der Waals surface area contributed by atoms with Gasteiger partial charge in [-0.3, -0.25) is 13.9 Å². The van der Waals surface area contributed by atoms with Gasteiger partial charge >= 0.3 is 5.69 Å². The third-order valence-electron chi connectivity index (χ3n) is 6.63. The van der Waals surface area contributed by atoms with Gasteiger partial charge in [0.25, 0.3) is 5.91 Å². The van der Waals surface area contributed by atoms with Crippen molar-refractivity contribution >= 4 is 22.9 Å². The molecule has 39 heavy (non-hydrogen) atoms. The Kier molecular flexibility index (Phi) is 7.38. The minimum atomic E-state index is -0.397. The van der Waals surface area contributed by atoms with Crippen LogP contribution in [0.1, 0.15) is 12.8 Å². The molecule has 0 unspecified atom stereocenters. The van der Waals surface area contributed by atoms with Crippen molar-refractivity contribution in [2.45, 2.75) is 25.4 Å². The number of imidazole rings is 1. The van der Waals surface area contributed by atoms with Gasteiger partial charge in [-0.2, -0.15) is 5.26 Å². The predicted molar refractivity (Wildman–Crippen MR) is 146 cm³/mol. The van der Waals surface area contributed by atoms with Crippen molar-refractivity contribution in [3.63, 3.8) is 0 Å². The number of nitrogen functional groups attached to an aromatic ring is 1. The zero-order chi connectivity index (χ0) is 27.4. The molecule has 3 heterocycles. The number of aromatic nitrogens is 4. The monoisotopic (exact) mass is 524 g/mol. The molecule has 11 heteroatoms. The average Bonchev–Trinajstić information content (AvgIpc) is 3.57. The fourth-order valence-electron chi connectivity index (χ4n) is 4.60. The van der Waals surface area contributed by atoms with Crippen molar-refractivity contribution in [1.82, 2.24) is 29.3 Å². The molecule has 0 saturated carbocycles. The predicted octanol–water partition coefficient (Wildman–Crippen LogP) is 2.62. The molecule has 1 fully saturated rings. The van der Waals surface area contributed by atoms with Gasteiger partial charge in [0.05, 0.1) is 5.69 Å². The lowest BCUT2D eigenvalue weighted by Gasteiger charge is -2.17. The molecule has 2 aromatic carbocycles. The fraction of sp³-hybridized carbons (Fsp3) is 0.250. The van der Waals surface area contributed by atoms with Gasteiger partial charge in [-0.25, -0.2) is 14.8 Å². The number of nitrogens with zero attached hydrogens (tertiary/aromatic N) is 6. The van der Waals surface area contributed by atoms with Crippen molar-refractivity contribution in [1.29, 1.82) is 5.26 Å². The lowest BCUT2D eigenvalue weighted by molar-refractivity contribution is -0.125. The fourth-order valence-corrected chi connectivity index (χ4v) is 4.60. The number of amides is 1. The lowest BCUT2D eigenvalue weighted by atomic mass is 10.1. The first-order valence-corrected chi connectivity index (χ1v) is 12.6. The molecule has 1 atom stereocenters. The number of ether oxygens (including phenoxy) is 1. The molecule has 4 aromatic rings. The Balaban J connectivity index is 1.40. The zero-order valence-corrected chi connectivity index (χ0v) is 21.4. The Morgan fingerprint density at radius 2 is 1.95 bits per heavy atom. The number of carbonyl (C=O) groups excluding carboxylic acids is 1. The number of rotatable bonds is 8. The van der Waals surface area contributed by atoms with E-state index in [4.69, 9.17) is 10.5 Å². The van der Waals surface area contributed by atoms with Gasteiger partial charge in [-0.15, -0.1) is 0 Å². The molecule has 1 aliphatic heterocycles. The van der Waals surface area contributed by atoms with Crippen molar-refractivity contribution in [2.75, 3.05) is 25.9 Å². The highest BCUT2D eigenvalue weighted by Crippen LogP contribution is 2.25. The molecule has 0 spiro atoms. The number of nitrogens with one attached hydrogen (secondary N) is 1. The van der Waals surface area contributed by atoms with E-state index in [2.05, 4.69) is 15.3 Å². The summed E-state index contributed by atoms with van der Waals surface area (Å²) in [5.74, 6) is 1.07. The highest BCUT2D eigenvalue weighted by Gasteiger charge is 2.22. The quantitative estimate of drug-likeness (QED) is 0.264. The highest BCUT2D eigenvalue weighted by atomic mass is 16.5. The van der Waals surface area contributed by atoms with Crippen LogP contribution in [0.2, 0.25) is 0 Å². The minimum absolute atomic E-state index is 0.0155. The van der Waals surface area contributed by atoms with Gasteiger partial charge in [0.2, 0.25) is 0 Å². The molecule has 1 amide bonds. The normalized spacial score (nSPS) is 15.3. The van der Waals surface area contributed by atoms with Crippen LogP contribution in [0, 0.1) is 11.3 Å². The van der Waals surface area contributed by atoms with Crippen LogP contribution in [0.25, 0.3) is 16.9 Å². The molecule has 0 aliphatic carbocycles. The number of likely N-dealkylation sites (N-methyl/N-ethyl adjacent to an activating group) is 1. The molecule has 0 bridgehead atoms. The van der Waals surface area contributed by atoms with Gasteiger partial charge in [-0.1, -0.05) is 18.2 Å². The van der Waals surface area contributed by atoms with E-state index < -0.39 is 5.91 Å². The zero-order valence-electron chi connectivity index (χ0n) is 21.4. The highest BCUT2D eigenvalue weighted by molar-refractivity contribution is 5.97. The smallest absolute Gasteiger partial charge is 0.335 e. The summed E-state index contributed by atoms with van der Waals surface area (Å²) >= 11 is 0. The molecule has 2 aromatic heterocycles. The molecule has 3 N–H and O–H groups in total. The molecular formula is C28H28N8O3. The summed E-state index contributed by atoms with van der Waals surface area (Å²) < 4.78 is 8.77. The third-order valence-corrected chi connectivity index (χ3v) is 6.63. The molecular weight excluding hydrogens is 496 g/mol. The number of para-hydroxylation sites is 1. The Bertz CT molecular complexity index is 1610. The van der Waals surface area contributed by atoms with Crippen molar-refractivity contribution in [2.24, 2.45) is 0 Å². The van der Waals surface area contributed by atoms with E-state index in [1.165, 1.54) is 20.4 Å². The van der Waals surface area contributed by atoms with Crippen LogP contribution in [-0.4, -0.2) is 56.1 Å². The number of benzene rings is 2. The van der Waals surface area contributed by atoms with E-state index in [-0.39, 0.29) is 36.2 Å². The summed E-state index contributed by atoms with van der Waals surface area (Å²) in [5, 5.41) is 12.8. The largest absolute Gasteiger partial charge is 0.457 e. The van der Waals surface area contributed by atoms with E-state index in [9.17, 15) is 14.9 Å². The van der Waals surface area contributed by atoms with E-state index in [1.807, 2.05) is 36.4 Å². The van der Waals surface area contributed by atoms with Crippen LogP contribution in [0.15, 0.2) is 77.4 Å². The molecule has 0 radical (unpaired) electrons. The van der Waals surface area contributed by atoms with Gasteiger partial charge in [0.1, 0.15) is 35.0 Å². The number of fused-ring (bicyclic) bond motifs is 1. The van der Waals surface area contributed by atoms with Crippen molar-refractivity contribution < 1.29 is 9.53 Å². The number of hydrogen-bond donors (Lipinski definition) is 2. The maximum absolute atomic E-state index is 13.6. The van der Waals surface area contributed by atoms with Crippen LogP contribution in [0.5, 0.6) is 11.5 Å². The second kappa shape index (κ2) is 11.2. The Morgan fingerprint density at radius 3 is 2.64 bits per heavy atom. The average molecular weight is 525 g/mol. The van der Waals surface area contributed by atoms with Crippen LogP contribution >= 0.6 is 0 Å². The first-order valence-electron chi connectivity index (χ1n) is 12.6. The Hall–Kier alpha value is -4.95. The lowest BCUT2D eigenvalue weighted by Crippen LogP contribution is -2.34. The number of carbonyl (C=O) groups is 1. The molecule has 5 rings (SSSR count). The van der Waals surface area contributed by atoms with Crippen LogP contribution in [0.3, 0.4) is 0 Å². The number of anilines is 1. The maximum atomic E-state index is 13.6. The Labute approximate surface area is 224 Å². The molecule has 198 valence electrons. The minimum Gasteiger partial charge on any atom is -0.457 e. The summed E-state index contributed by atoms with van der Waals surface area (Å²) in [5.41, 5.74) is 7.18. The standard InChI is InChI=1S/C28H28N8O3/c1-34(27(37)19(17-29)16-20-6-5-13-31-20)14-15-35-26-24(25(30)32-18-33-26)36(28(35)38)21-9-11-23(12-10-21)39-22-7-3-2-4-8-22/h2-4,7-12,16,18,20,31H,5-6,13-15H2,1H3,(H2,30,32,33)/b19-16-/t20-/m0/s1. The number of nitrogens with two attached hydrogens (primary N) is 1. The molecule has 1 saturated heterocycles. The number of hydrogen-bond acceptors (Lipinski definition) is 8. The summed E-state index contributed by atoms with van der Waals surface area (Å²) in [7, 11) is 1.61. The van der Waals surface area contributed by atoms with Crippen molar-refractivity contribution in [3.8, 4) is 23.3 Å². The van der Waals surface area contributed by atoms with Crippen LogP contribution in [0.4, 0.5) is 5.82 Å². The van der Waals surface area contributed by atoms with E-state index >= 15 is 0 Å². The molecule has 1 aliphatic rings. The van der Waals surface area contributed by atoms with Gasteiger partial charge in [0.15, 0.2) is 11.5 Å². The van der Waals surface area contributed by atoms with E-state index in [1.54, 1.807) is 37.4 Å². The Morgan fingerprint density at radius 1 is 1.21 bits per heavy atom. The summed E-state index contributed by atoms with van der Waals surface area (Å²) in [4.78, 5) is 36.4. The molecule has 11 nitrogen and oxygen atoms in total. The second-order valence-electron chi connectivity index (χ2n) is 9.23. The summed E-state index contributed by atoms with van der Waals surface area (Å²) in [6.07, 6.45) is 4.87. The van der Waals surface area contributed by atoms with Gasteiger partial charge in [0, 0.05) is 26.2 Å².